The zero-order valence-corrected chi connectivity index (χ0v) is 7.41. The average molecular weight is 164 g/mol. The van der Waals surface area contributed by atoms with Gasteiger partial charge in [0, 0.05) is 0 Å². The fourth-order valence-electron chi connectivity index (χ4n) is 4.63. The van der Waals surface area contributed by atoms with Crippen LogP contribution in [-0.4, -0.2) is 12.2 Å². The summed E-state index contributed by atoms with van der Waals surface area (Å²) in [5.74, 6) is 4.05. The zero-order valence-electron chi connectivity index (χ0n) is 7.41. The summed E-state index contributed by atoms with van der Waals surface area (Å²) >= 11 is 0. The summed E-state index contributed by atoms with van der Waals surface area (Å²) in [5, 5.41) is 0. The van der Waals surface area contributed by atoms with E-state index >= 15 is 0 Å². The fourth-order valence-corrected chi connectivity index (χ4v) is 4.63. The van der Waals surface area contributed by atoms with Crippen LogP contribution in [0.4, 0.5) is 0 Å². The summed E-state index contributed by atoms with van der Waals surface area (Å²) in [6.45, 7) is 0. The van der Waals surface area contributed by atoms with Crippen LogP contribution in [0.5, 0.6) is 0 Å². The van der Waals surface area contributed by atoms with Crippen LogP contribution < -0.4 is 0 Å². The van der Waals surface area contributed by atoms with Crippen LogP contribution in [0, 0.1) is 23.7 Å². The van der Waals surface area contributed by atoms with Crippen LogP contribution in [0.25, 0.3) is 0 Å². The summed E-state index contributed by atoms with van der Waals surface area (Å²) in [7, 11) is 0. The van der Waals surface area contributed by atoms with Crippen LogP contribution in [0.1, 0.15) is 32.1 Å². The first-order valence-corrected chi connectivity index (χ1v) is 5.59. The van der Waals surface area contributed by atoms with E-state index in [0.717, 1.165) is 29.8 Å². The molecule has 6 unspecified atom stereocenters. The van der Waals surface area contributed by atoms with Gasteiger partial charge >= 0.3 is 0 Å². The molecule has 6 atom stereocenters. The monoisotopic (exact) mass is 164 g/mol. The minimum atomic E-state index is 0.708. The van der Waals surface area contributed by atoms with Crippen LogP contribution in [-0.2, 0) is 4.74 Å². The van der Waals surface area contributed by atoms with Gasteiger partial charge in [-0.25, -0.2) is 0 Å². The lowest BCUT2D eigenvalue weighted by atomic mass is 9.65. The Kier molecular flexibility index (Phi) is 1.01. The topological polar surface area (TPSA) is 9.23 Å². The molecule has 1 heteroatoms. The van der Waals surface area contributed by atoms with Crippen molar-refractivity contribution in [2.45, 2.75) is 44.3 Å². The van der Waals surface area contributed by atoms with Crippen molar-refractivity contribution >= 4 is 0 Å². The Labute approximate surface area is 73.5 Å². The Balaban J connectivity index is 1.83. The molecule has 0 radical (unpaired) electrons. The lowest BCUT2D eigenvalue weighted by Gasteiger charge is -2.43. The molecule has 0 aromatic carbocycles. The molecule has 0 N–H and O–H groups in total. The Morgan fingerprint density at radius 1 is 0.917 bits per heavy atom. The van der Waals surface area contributed by atoms with Gasteiger partial charge in [0.25, 0.3) is 0 Å². The molecular weight excluding hydrogens is 148 g/mol. The maximum atomic E-state index is 6.12. The standard InChI is InChI=1S/C11H16O/c1-2-7-6-4-9-8(3-1)11(7)12-10(9)5-6/h6-11H,1-5H2. The van der Waals surface area contributed by atoms with Crippen LogP contribution in [0.15, 0.2) is 0 Å². The van der Waals surface area contributed by atoms with Gasteiger partial charge in [-0.3, -0.25) is 0 Å². The second-order valence-corrected chi connectivity index (χ2v) is 5.29. The van der Waals surface area contributed by atoms with E-state index in [2.05, 4.69) is 0 Å². The van der Waals surface area contributed by atoms with E-state index in [0.29, 0.717) is 6.10 Å². The first-order chi connectivity index (χ1) is 5.93. The van der Waals surface area contributed by atoms with E-state index in [4.69, 9.17) is 4.74 Å². The van der Waals surface area contributed by atoms with Gasteiger partial charge in [-0.15, -0.1) is 0 Å². The average Bonchev–Trinajstić information content (AvgIpc) is 2.54. The molecule has 2 heterocycles. The molecule has 3 saturated carbocycles. The van der Waals surface area contributed by atoms with Crippen molar-refractivity contribution in [2.75, 3.05) is 0 Å². The Morgan fingerprint density at radius 2 is 1.83 bits per heavy atom. The van der Waals surface area contributed by atoms with Gasteiger partial charge in [0.2, 0.25) is 0 Å². The predicted molar refractivity (Wildman–Crippen MR) is 45.7 cm³/mol. The Bertz CT molecular complexity index is 219. The lowest BCUT2D eigenvalue weighted by molar-refractivity contribution is -0.0779. The molecule has 5 aliphatic rings. The van der Waals surface area contributed by atoms with Crippen molar-refractivity contribution in [1.29, 1.82) is 0 Å². The molecule has 66 valence electrons. The number of rotatable bonds is 0. The predicted octanol–water partition coefficient (Wildman–Crippen LogP) is 2.21. The van der Waals surface area contributed by atoms with E-state index in [1.807, 2.05) is 0 Å². The molecule has 0 aromatic rings. The second kappa shape index (κ2) is 1.89. The lowest BCUT2D eigenvalue weighted by Crippen LogP contribution is -2.41. The molecule has 12 heavy (non-hydrogen) atoms. The molecule has 6 bridgehead atoms. The number of hydrogen-bond acceptors (Lipinski definition) is 1. The van der Waals surface area contributed by atoms with Gasteiger partial charge in [-0.2, -0.15) is 0 Å². The van der Waals surface area contributed by atoms with Crippen molar-refractivity contribution in [1.82, 2.24) is 0 Å². The maximum Gasteiger partial charge on any atom is 0.0641 e. The molecule has 0 amide bonds. The minimum absolute atomic E-state index is 0.708. The van der Waals surface area contributed by atoms with Crippen LogP contribution >= 0.6 is 0 Å². The van der Waals surface area contributed by atoms with Crippen LogP contribution in [0.2, 0.25) is 0 Å². The molecule has 1 nitrogen and oxygen atoms in total. The highest BCUT2D eigenvalue weighted by atomic mass is 16.5. The molecule has 0 aromatic heterocycles. The number of hydrogen-bond donors (Lipinski definition) is 0. The highest BCUT2D eigenvalue weighted by molar-refractivity contribution is 5.08. The summed E-state index contributed by atoms with van der Waals surface area (Å²) in [4.78, 5) is 0. The van der Waals surface area contributed by atoms with Gasteiger partial charge in [-0.05, 0) is 49.4 Å². The summed E-state index contributed by atoms with van der Waals surface area (Å²) < 4.78 is 6.12. The van der Waals surface area contributed by atoms with Crippen LogP contribution in [0.3, 0.4) is 0 Å². The molecular formula is C11H16O. The number of ether oxygens (including phenoxy) is 1. The maximum absolute atomic E-state index is 6.12. The minimum Gasteiger partial charge on any atom is -0.374 e. The third kappa shape index (κ3) is 0.555. The van der Waals surface area contributed by atoms with E-state index in [-0.39, 0.29) is 0 Å². The second-order valence-electron chi connectivity index (χ2n) is 5.29. The molecule has 5 fully saturated rings. The first kappa shape index (κ1) is 6.42. The highest BCUT2D eigenvalue weighted by Crippen LogP contribution is 2.61. The Hall–Kier alpha value is -0.0400. The summed E-state index contributed by atoms with van der Waals surface area (Å²) in [6, 6.07) is 0. The fraction of sp³-hybridized carbons (Fsp3) is 1.00. The van der Waals surface area contributed by atoms with Gasteiger partial charge in [0.05, 0.1) is 12.2 Å². The third-order valence-corrected chi connectivity index (χ3v) is 4.99. The molecule has 2 aliphatic heterocycles. The summed E-state index contributed by atoms with van der Waals surface area (Å²) in [5.41, 5.74) is 0. The first-order valence-electron chi connectivity index (χ1n) is 5.59. The molecule has 5 rings (SSSR count). The summed E-state index contributed by atoms with van der Waals surface area (Å²) in [6.07, 6.45) is 8.83. The smallest absolute Gasteiger partial charge is 0.0641 e. The van der Waals surface area contributed by atoms with E-state index in [1.165, 1.54) is 32.1 Å². The van der Waals surface area contributed by atoms with Crippen molar-refractivity contribution < 1.29 is 4.74 Å². The normalized spacial score (nSPS) is 66.0. The zero-order chi connectivity index (χ0) is 7.71. The van der Waals surface area contributed by atoms with Crippen molar-refractivity contribution in [2.24, 2.45) is 23.7 Å². The molecule has 2 saturated heterocycles. The van der Waals surface area contributed by atoms with E-state index < -0.39 is 0 Å². The van der Waals surface area contributed by atoms with Crippen molar-refractivity contribution in [3.05, 3.63) is 0 Å². The molecule has 0 spiro atoms. The van der Waals surface area contributed by atoms with Gasteiger partial charge in [0.15, 0.2) is 0 Å². The van der Waals surface area contributed by atoms with Gasteiger partial charge in [-0.1, -0.05) is 6.42 Å². The highest BCUT2D eigenvalue weighted by Gasteiger charge is 2.60. The largest absolute Gasteiger partial charge is 0.374 e. The third-order valence-electron chi connectivity index (χ3n) is 4.99. The van der Waals surface area contributed by atoms with Crippen molar-refractivity contribution in [3.8, 4) is 0 Å². The van der Waals surface area contributed by atoms with Gasteiger partial charge in [0.1, 0.15) is 0 Å². The Morgan fingerprint density at radius 3 is 2.83 bits per heavy atom. The molecule has 3 aliphatic carbocycles. The van der Waals surface area contributed by atoms with E-state index in [1.54, 1.807) is 0 Å². The quantitative estimate of drug-likeness (QED) is 0.533. The van der Waals surface area contributed by atoms with Crippen molar-refractivity contribution in [3.63, 3.8) is 0 Å². The van der Waals surface area contributed by atoms with E-state index in [9.17, 15) is 0 Å². The van der Waals surface area contributed by atoms with Gasteiger partial charge < -0.3 is 4.74 Å². The SMILES string of the molecule is C1CC2C3CC4OC2C(C1)C4C3.